The van der Waals surface area contributed by atoms with Crippen LogP contribution in [0.25, 0.3) is 11.4 Å². The summed E-state index contributed by atoms with van der Waals surface area (Å²) in [6, 6.07) is 17.0. The number of aromatic nitrogens is 2. The Morgan fingerprint density at radius 3 is 2.59 bits per heavy atom. The molecule has 0 saturated heterocycles. The first-order valence-corrected chi connectivity index (χ1v) is 6.96. The third kappa shape index (κ3) is 3.03. The van der Waals surface area contributed by atoms with Crippen molar-refractivity contribution in [2.24, 2.45) is 0 Å². The van der Waals surface area contributed by atoms with Crippen LogP contribution in [0, 0.1) is 6.92 Å². The fourth-order valence-corrected chi connectivity index (χ4v) is 2.11. The van der Waals surface area contributed by atoms with Crippen LogP contribution in [-0.4, -0.2) is 16.0 Å². The monoisotopic (exact) mass is 293 g/mol. The van der Waals surface area contributed by atoms with Crippen LogP contribution in [0.5, 0.6) is 0 Å². The highest BCUT2D eigenvalue weighted by atomic mass is 16.5. The molecule has 1 amide bonds. The van der Waals surface area contributed by atoms with Crippen molar-refractivity contribution in [1.29, 1.82) is 0 Å². The fourth-order valence-electron chi connectivity index (χ4n) is 2.11. The number of nitrogens with one attached hydrogen (secondary N) is 1. The molecule has 3 aromatic rings. The summed E-state index contributed by atoms with van der Waals surface area (Å²) in [4.78, 5) is 16.4. The molecule has 0 aliphatic heterocycles. The number of nitrogens with zero attached hydrogens (tertiary/aromatic N) is 2. The van der Waals surface area contributed by atoms with E-state index in [1.165, 1.54) is 0 Å². The largest absolute Gasteiger partial charge is 0.343 e. The van der Waals surface area contributed by atoms with Crippen molar-refractivity contribution in [2.45, 2.75) is 13.5 Å². The third-order valence-corrected chi connectivity index (χ3v) is 3.29. The summed E-state index contributed by atoms with van der Waals surface area (Å²) in [6.45, 7) is 2.10. The fraction of sp³-hybridized carbons (Fsp3) is 0.118. The van der Waals surface area contributed by atoms with Crippen LogP contribution in [0.2, 0.25) is 0 Å². The zero-order chi connectivity index (χ0) is 15.4. The van der Waals surface area contributed by atoms with E-state index in [1.807, 2.05) is 55.5 Å². The van der Waals surface area contributed by atoms with E-state index in [-0.39, 0.29) is 12.5 Å². The van der Waals surface area contributed by atoms with Crippen LogP contribution in [0.4, 0.5) is 0 Å². The minimum atomic E-state index is -0.155. The van der Waals surface area contributed by atoms with Gasteiger partial charge >= 0.3 is 0 Å². The molecule has 0 fully saturated rings. The predicted molar refractivity (Wildman–Crippen MR) is 82.1 cm³/mol. The lowest BCUT2D eigenvalue weighted by atomic mass is 10.1. The molecular weight excluding hydrogens is 278 g/mol. The molecule has 0 aliphatic rings. The van der Waals surface area contributed by atoms with E-state index in [1.54, 1.807) is 6.07 Å². The Morgan fingerprint density at radius 2 is 1.82 bits per heavy atom. The van der Waals surface area contributed by atoms with E-state index in [9.17, 15) is 4.79 Å². The van der Waals surface area contributed by atoms with Crippen LogP contribution in [0.3, 0.4) is 0 Å². The van der Waals surface area contributed by atoms with Crippen LogP contribution < -0.4 is 5.32 Å². The second-order valence-electron chi connectivity index (χ2n) is 4.88. The first kappa shape index (κ1) is 14.0. The van der Waals surface area contributed by atoms with E-state index in [4.69, 9.17) is 4.52 Å². The number of hydrogen-bond donors (Lipinski definition) is 1. The van der Waals surface area contributed by atoms with Gasteiger partial charge in [0.2, 0.25) is 11.7 Å². The van der Waals surface area contributed by atoms with E-state index in [0.29, 0.717) is 17.3 Å². The number of carbonyl (C=O) groups excluding carboxylic acids is 1. The highest BCUT2D eigenvalue weighted by Gasteiger charge is 2.11. The molecule has 5 nitrogen and oxygen atoms in total. The molecule has 1 heterocycles. The smallest absolute Gasteiger partial charge is 0.251 e. The molecular formula is C17H15N3O2. The molecule has 0 unspecified atom stereocenters. The van der Waals surface area contributed by atoms with Gasteiger partial charge in [-0.2, -0.15) is 4.98 Å². The summed E-state index contributed by atoms with van der Waals surface area (Å²) in [6.07, 6.45) is 0. The van der Waals surface area contributed by atoms with Gasteiger partial charge in [-0.15, -0.1) is 0 Å². The van der Waals surface area contributed by atoms with Crippen molar-refractivity contribution in [3.8, 4) is 11.4 Å². The second kappa shape index (κ2) is 6.22. The second-order valence-corrected chi connectivity index (χ2v) is 4.88. The maximum Gasteiger partial charge on any atom is 0.251 e. The number of amides is 1. The first-order chi connectivity index (χ1) is 10.7. The lowest BCUT2D eigenvalue weighted by Gasteiger charge is -2.04. The molecule has 3 rings (SSSR count). The molecule has 22 heavy (non-hydrogen) atoms. The molecule has 5 heteroatoms. The summed E-state index contributed by atoms with van der Waals surface area (Å²) in [5.41, 5.74) is 2.45. The van der Waals surface area contributed by atoms with Crippen LogP contribution in [-0.2, 0) is 6.54 Å². The quantitative estimate of drug-likeness (QED) is 0.803. The van der Waals surface area contributed by atoms with Crippen LogP contribution >= 0.6 is 0 Å². The maximum absolute atomic E-state index is 12.1. The highest BCUT2D eigenvalue weighted by molar-refractivity contribution is 5.95. The number of carbonyl (C=O) groups is 1. The zero-order valence-electron chi connectivity index (χ0n) is 12.1. The molecule has 0 spiro atoms. The molecule has 0 radical (unpaired) electrons. The Kier molecular flexibility index (Phi) is 3.96. The average molecular weight is 293 g/mol. The van der Waals surface area contributed by atoms with E-state index < -0.39 is 0 Å². The summed E-state index contributed by atoms with van der Waals surface area (Å²) in [7, 11) is 0. The van der Waals surface area contributed by atoms with Gasteiger partial charge < -0.3 is 9.84 Å². The van der Waals surface area contributed by atoms with Gasteiger partial charge in [-0.25, -0.2) is 0 Å². The Morgan fingerprint density at radius 1 is 1.09 bits per heavy atom. The Balaban J connectivity index is 1.67. The number of rotatable bonds is 4. The molecule has 110 valence electrons. The molecule has 1 aromatic heterocycles. The van der Waals surface area contributed by atoms with Crippen molar-refractivity contribution < 1.29 is 9.32 Å². The van der Waals surface area contributed by atoms with Crippen molar-refractivity contribution >= 4 is 5.91 Å². The normalized spacial score (nSPS) is 10.4. The highest BCUT2D eigenvalue weighted by Crippen LogP contribution is 2.14. The first-order valence-electron chi connectivity index (χ1n) is 6.96. The third-order valence-electron chi connectivity index (χ3n) is 3.29. The minimum absolute atomic E-state index is 0.155. The van der Waals surface area contributed by atoms with E-state index in [2.05, 4.69) is 15.5 Å². The van der Waals surface area contributed by atoms with Gasteiger partial charge in [0.05, 0.1) is 6.54 Å². The predicted octanol–water partition coefficient (Wildman–Crippen LogP) is 2.98. The summed E-state index contributed by atoms with van der Waals surface area (Å²) in [5, 5.41) is 6.70. The van der Waals surface area contributed by atoms with E-state index in [0.717, 1.165) is 11.1 Å². The summed E-state index contributed by atoms with van der Waals surface area (Å²) >= 11 is 0. The molecule has 2 aromatic carbocycles. The van der Waals surface area contributed by atoms with Gasteiger partial charge in [-0.1, -0.05) is 53.7 Å². The van der Waals surface area contributed by atoms with Gasteiger partial charge in [-0.05, 0) is 18.6 Å². The average Bonchev–Trinajstić information content (AvgIpc) is 3.03. The topological polar surface area (TPSA) is 68.0 Å². The van der Waals surface area contributed by atoms with Gasteiger partial charge in [0.1, 0.15) is 0 Å². The van der Waals surface area contributed by atoms with Crippen LogP contribution in [0.1, 0.15) is 21.8 Å². The zero-order valence-corrected chi connectivity index (χ0v) is 12.1. The Hall–Kier alpha value is -2.95. The Bertz CT molecular complexity index is 781. The molecule has 0 bridgehead atoms. The maximum atomic E-state index is 12.1. The minimum Gasteiger partial charge on any atom is -0.343 e. The van der Waals surface area contributed by atoms with Crippen molar-refractivity contribution in [3.63, 3.8) is 0 Å². The molecule has 0 atom stereocenters. The lowest BCUT2D eigenvalue weighted by Crippen LogP contribution is -2.23. The van der Waals surface area contributed by atoms with Gasteiger partial charge in [-0.3, -0.25) is 4.79 Å². The van der Waals surface area contributed by atoms with Gasteiger partial charge in [0.15, 0.2) is 0 Å². The SMILES string of the molecule is Cc1ccccc1C(=O)NCc1nc(-c2ccccc2)no1. The summed E-state index contributed by atoms with van der Waals surface area (Å²) < 4.78 is 5.16. The number of benzene rings is 2. The molecule has 0 saturated carbocycles. The van der Waals surface area contributed by atoms with Crippen molar-refractivity contribution in [3.05, 3.63) is 71.6 Å². The van der Waals surface area contributed by atoms with Crippen LogP contribution in [0.15, 0.2) is 59.1 Å². The number of hydrogen-bond acceptors (Lipinski definition) is 4. The van der Waals surface area contributed by atoms with E-state index >= 15 is 0 Å². The van der Waals surface area contributed by atoms with Gasteiger partial charge in [0, 0.05) is 11.1 Å². The summed E-state index contributed by atoms with van der Waals surface area (Å²) in [5.74, 6) is 0.735. The lowest BCUT2D eigenvalue weighted by molar-refractivity contribution is 0.0945. The standard InChI is InChI=1S/C17H15N3O2/c1-12-7-5-6-10-14(12)17(21)18-11-15-19-16(20-22-15)13-8-3-2-4-9-13/h2-10H,11H2,1H3,(H,18,21). The molecule has 0 aliphatic carbocycles. The number of aryl methyl sites for hydroxylation is 1. The van der Waals surface area contributed by atoms with Crippen molar-refractivity contribution in [2.75, 3.05) is 0 Å². The molecule has 1 N–H and O–H groups in total. The Labute approximate surface area is 128 Å². The van der Waals surface area contributed by atoms with Gasteiger partial charge in [0.25, 0.3) is 5.91 Å². The van der Waals surface area contributed by atoms with Crippen molar-refractivity contribution in [1.82, 2.24) is 15.5 Å².